The highest BCUT2D eigenvalue weighted by Crippen LogP contribution is 2.28. The van der Waals surface area contributed by atoms with E-state index in [1.54, 1.807) is 4.57 Å². The summed E-state index contributed by atoms with van der Waals surface area (Å²) in [6.45, 7) is 8.59. The number of hydrogen-bond acceptors (Lipinski definition) is 4. The molecule has 0 spiro atoms. The van der Waals surface area contributed by atoms with Gasteiger partial charge in [0.05, 0.1) is 24.5 Å². The van der Waals surface area contributed by atoms with Crippen LogP contribution >= 0.6 is 0 Å². The number of ether oxygens (including phenoxy) is 1. The number of morpholine rings is 1. The summed E-state index contributed by atoms with van der Waals surface area (Å²) in [6, 6.07) is 19.5. The molecule has 0 radical (unpaired) electrons. The molecule has 0 amide bonds. The predicted octanol–water partition coefficient (Wildman–Crippen LogP) is 3.77. The average Bonchev–Trinajstić information content (AvgIpc) is 2.74. The number of aromatic nitrogens is 2. The first-order valence-corrected chi connectivity index (χ1v) is 9.43. The van der Waals surface area contributed by atoms with E-state index in [0.717, 1.165) is 11.3 Å². The molecule has 142 valence electrons. The molecule has 28 heavy (non-hydrogen) atoms. The molecule has 0 atom stereocenters. The first-order valence-electron chi connectivity index (χ1n) is 9.43. The Morgan fingerprint density at radius 3 is 2.21 bits per heavy atom. The standard InChI is InChI=1S/C23H23N3O2/c1-17(2)20-22(25-13-15-28-16-14-25)24-21(18-9-5-3-6-10-18)26(23(20)27)19-11-7-4-8-12-19/h3-12H,1,13-16H2,2H3. The fourth-order valence-electron chi connectivity index (χ4n) is 3.48. The molecule has 1 saturated heterocycles. The minimum absolute atomic E-state index is 0.103. The van der Waals surface area contributed by atoms with Gasteiger partial charge in [-0.2, -0.15) is 0 Å². The quantitative estimate of drug-likeness (QED) is 0.698. The zero-order valence-corrected chi connectivity index (χ0v) is 16.0. The van der Waals surface area contributed by atoms with E-state index in [2.05, 4.69) is 11.5 Å². The van der Waals surface area contributed by atoms with Gasteiger partial charge in [0.25, 0.3) is 5.56 Å². The third kappa shape index (κ3) is 3.37. The van der Waals surface area contributed by atoms with E-state index in [-0.39, 0.29) is 5.56 Å². The van der Waals surface area contributed by atoms with Gasteiger partial charge in [0.15, 0.2) is 0 Å². The highest BCUT2D eigenvalue weighted by atomic mass is 16.5. The zero-order valence-electron chi connectivity index (χ0n) is 16.0. The van der Waals surface area contributed by atoms with Crippen LogP contribution in [-0.4, -0.2) is 35.9 Å². The van der Waals surface area contributed by atoms with E-state index in [0.29, 0.717) is 49.1 Å². The first kappa shape index (κ1) is 18.2. The fourth-order valence-corrected chi connectivity index (χ4v) is 3.48. The Hall–Kier alpha value is -3.18. The molecular formula is C23H23N3O2. The van der Waals surface area contributed by atoms with Gasteiger partial charge in [0.2, 0.25) is 0 Å². The Morgan fingerprint density at radius 2 is 1.61 bits per heavy atom. The summed E-state index contributed by atoms with van der Waals surface area (Å²) in [5, 5.41) is 0. The van der Waals surface area contributed by atoms with Crippen LogP contribution in [0.5, 0.6) is 0 Å². The number of anilines is 1. The van der Waals surface area contributed by atoms with Gasteiger partial charge < -0.3 is 9.64 Å². The van der Waals surface area contributed by atoms with Crippen molar-refractivity contribution in [2.45, 2.75) is 6.92 Å². The number of allylic oxidation sites excluding steroid dienone is 1. The molecule has 4 rings (SSSR count). The van der Waals surface area contributed by atoms with E-state index in [1.165, 1.54) is 0 Å². The minimum atomic E-state index is -0.103. The van der Waals surface area contributed by atoms with Crippen LogP contribution in [-0.2, 0) is 4.74 Å². The predicted molar refractivity (Wildman–Crippen MR) is 113 cm³/mol. The molecule has 1 aromatic heterocycles. The Balaban J connectivity index is 2.03. The number of benzene rings is 2. The highest BCUT2D eigenvalue weighted by molar-refractivity contribution is 5.74. The lowest BCUT2D eigenvalue weighted by atomic mass is 10.1. The summed E-state index contributed by atoms with van der Waals surface area (Å²) in [7, 11) is 0. The summed E-state index contributed by atoms with van der Waals surface area (Å²) < 4.78 is 7.17. The largest absolute Gasteiger partial charge is 0.378 e. The van der Waals surface area contributed by atoms with Gasteiger partial charge >= 0.3 is 0 Å². The van der Waals surface area contributed by atoms with Crippen molar-refractivity contribution >= 4 is 11.4 Å². The lowest BCUT2D eigenvalue weighted by Gasteiger charge is -2.30. The molecule has 1 aliphatic heterocycles. The average molecular weight is 373 g/mol. The Bertz CT molecular complexity index is 1040. The van der Waals surface area contributed by atoms with E-state index in [4.69, 9.17) is 9.72 Å². The van der Waals surface area contributed by atoms with Crippen molar-refractivity contribution in [3.8, 4) is 17.1 Å². The fraction of sp³-hybridized carbons (Fsp3) is 0.217. The van der Waals surface area contributed by atoms with Crippen molar-refractivity contribution < 1.29 is 4.74 Å². The molecular weight excluding hydrogens is 350 g/mol. The number of nitrogens with zero attached hydrogens (tertiary/aromatic N) is 3. The van der Waals surface area contributed by atoms with Gasteiger partial charge in [-0.15, -0.1) is 0 Å². The maximum atomic E-state index is 13.7. The summed E-state index contributed by atoms with van der Waals surface area (Å²) in [4.78, 5) is 20.8. The minimum Gasteiger partial charge on any atom is -0.378 e. The van der Waals surface area contributed by atoms with Gasteiger partial charge in [-0.25, -0.2) is 4.98 Å². The lowest BCUT2D eigenvalue weighted by molar-refractivity contribution is 0.122. The SMILES string of the molecule is C=C(C)c1c(N2CCOCC2)nc(-c2ccccc2)n(-c2ccccc2)c1=O. The second-order valence-electron chi connectivity index (χ2n) is 6.86. The van der Waals surface area contributed by atoms with E-state index in [9.17, 15) is 4.79 Å². The number of para-hydroxylation sites is 1. The van der Waals surface area contributed by atoms with E-state index in [1.807, 2.05) is 67.6 Å². The van der Waals surface area contributed by atoms with Gasteiger partial charge in [-0.3, -0.25) is 9.36 Å². The van der Waals surface area contributed by atoms with Gasteiger partial charge in [0, 0.05) is 18.7 Å². The summed E-state index contributed by atoms with van der Waals surface area (Å²) in [5.74, 6) is 1.31. The van der Waals surface area contributed by atoms with Gasteiger partial charge in [-0.1, -0.05) is 55.1 Å². The van der Waals surface area contributed by atoms with Gasteiger partial charge in [-0.05, 0) is 24.6 Å². The van der Waals surface area contributed by atoms with Crippen molar-refractivity contribution in [2.75, 3.05) is 31.2 Å². The third-order valence-corrected chi connectivity index (χ3v) is 4.85. The normalized spacial score (nSPS) is 14.1. The number of hydrogen-bond donors (Lipinski definition) is 0. The van der Waals surface area contributed by atoms with Crippen LogP contribution < -0.4 is 10.5 Å². The lowest BCUT2D eigenvalue weighted by Crippen LogP contribution is -2.39. The Morgan fingerprint density at radius 1 is 1.00 bits per heavy atom. The molecule has 5 heteroatoms. The summed E-state index contributed by atoms with van der Waals surface area (Å²) >= 11 is 0. The second-order valence-corrected chi connectivity index (χ2v) is 6.86. The molecule has 0 unspecified atom stereocenters. The Kier molecular flexibility index (Phi) is 5.08. The zero-order chi connectivity index (χ0) is 19.5. The van der Waals surface area contributed by atoms with Crippen LogP contribution in [0, 0.1) is 0 Å². The number of rotatable bonds is 4. The van der Waals surface area contributed by atoms with Crippen molar-refractivity contribution in [3.05, 3.63) is 83.2 Å². The molecule has 1 fully saturated rings. The van der Waals surface area contributed by atoms with Crippen molar-refractivity contribution in [1.82, 2.24) is 9.55 Å². The molecule has 0 N–H and O–H groups in total. The van der Waals surface area contributed by atoms with Crippen molar-refractivity contribution in [1.29, 1.82) is 0 Å². The molecule has 5 nitrogen and oxygen atoms in total. The van der Waals surface area contributed by atoms with Crippen LogP contribution in [0.1, 0.15) is 12.5 Å². The van der Waals surface area contributed by atoms with Crippen molar-refractivity contribution in [3.63, 3.8) is 0 Å². The van der Waals surface area contributed by atoms with Crippen LogP contribution in [0.3, 0.4) is 0 Å². The van der Waals surface area contributed by atoms with E-state index >= 15 is 0 Å². The Labute approximate surface area is 164 Å². The maximum Gasteiger partial charge on any atom is 0.268 e. The molecule has 0 saturated carbocycles. The second kappa shape index (κ2) is 7.82. The van der Waals surface area contributed by atoms with E-state index < -0.39 is 0 Å². The van der Waals surface area contributed by atoms with Crippen LogP contribution in [0.15, 0.2) is 72.0 Å². The monoisotopic (exact) mass is 373 g/mol. The smallest absolute Gasteiger partial charge is 0.268 e. The molecule has 3 aromatic rings. The first-order chi connectivity index (χ1) is 13.7. The molecule has 2 heterocycles. The maximum absolute atomic E-state index is 13.7. The van der Waals surface area contributed by atoms with Crippen molar-refractivity contribution in [2.24, 2.45) is 0 Å². The highest BCUT2D eigenvalue weighted by Gasteiger charge is 2.24. The summed E-state index contributed by atoms with van der Waals surface area (Å²) in [5.41, 5.74) is 2.85. The van der Waals surface area contributed by atoms with Crippen LogP contribution in [0.25, 0.3) is 22.6 Å². The van der Waals surface area contributed by atoms with Crippen LogP contribution in [0.4, 0.5) is 5.82 Å². The topological polar surface area (TPSA) is 47.4 Å². The molecule has 0 bridgehead atoms. The van der Waals surface area contributed by atoms with Gasteiger partial charge in [0.1, 0.15) is 11.6 Å². The molecule has 2 aromatic carbocycles. The van der Waals surface area contributed by atoms with Crippen LogP contribution in [0.2, 0.25) is 0 Å². The third-order valence-electron chi connectivity index (χ3n) is 4.85. The molecule has 1 aliphatic rings. The summed E-state index contributed by atoms with van der Waals surface area (Å²) in [6.07, 6.45) is 0. The molecule has 0 aliphatic carbocycles.